The summed E-state index contributed by atoms with van der Waals surface area (Å²) in [7, 11) is 0. The molecule has 0 aromatic heterocycles. The van der Waals surface area contributed by atoms with Gasteiger partial charge in [-0.05, 0) is 60.2 Å². The Labute approximate surface area is 141 Å². The third kappa shape index (κ3) is 24.8. The molecule has 0 aromatic rings. The van der Waals surface area contributed by atoms with Crippen molar-refractivity contribution in [1.82, 2.24) is 10.2 Å². The van der Waals surface area contributed by atoms with E-state index in [9.17, 15) is 0 Å². The number of nitrogens with two attached hydrogens (primary N) is 2. The Morgan fingerprint density at radius 2 is 1.18 bits per heavy atom. The maximum Gasteiger partial charge on any atom is 0.0110 e. The minimum absolute atomic E-state index is 0.614. The molecule has 0 saturated carbocycles. The summed E-state index contributed by atoms with van der Waals surface area (Å²) in [6, 6.07) is 1.23. The standard InChI is InChI=1S/C8H20N2.C8H19N.C2H7N/c1-7(2)10(6-5-9)8(3)4;1-3-5-7-9-8-6-4-2;1-2-3/h7-8H,5-6,9H2,1-4H3;9H,3-8H2,1-2H3;2-3H2,1H3. The Kier molecular flexibility index (Phi) is 28.1. The van der Waals surface area contributed by atoms with Crippen LogP contribution in [0.3, 0.4) is 0 Å². The van der Waals surface area contributed by atoms with Crippen molar-refractivity contribution in [2.75, 3.05) is 32.7 Å². The van der Waals surface area contributed by atoms with E-state index >= 15 is 0 Å². The summed E-state index contributed by atoms with van der Waals surface area (Å²) in [5.74, 6) is 0. The average Bonchev–Trinajstić information content (AvgIpc) is 2.45. The lowest BCUT2D eigenvalue weighted by Crippen LogP contribution is -2.40. The van der Waals surface area contributed by atoms with Crippen molar-refractivity contribution < 1.29 is 0 Å². The molecular formula is C18H46N4. The zero-order chi connectivity index (χ0) is 17.8. The van der Waals surface area contributed by atoms with E-state index in [-0.39, 0.29) is 0 Å². The van der Waals surface area contributed by atoms with Crippen molar-refractivity contribution in [3.05, 3.63) is 0 Å². The van der Waals surface area contributed by atoms with Gasteiger partial charge < -0.3 is 16.8 Å². The minimum Gasteiger partial charge on any atom is -0.331 e. The highest BCUT2D eigenvalue weighted by Gasteiger charge is 2.10. The van der Waals surface area contributed by atoms with Gasteiger partial charge in [-0.2, -0.15) is 0 Å². The number of hydrogen-bond donors (Lipinski definition) is 3. The van der Waals surface area contributed by atoms with Crippen LogP contribution in [0.1, 0.15) is 74.1 Å². The van der Waals surface area contributed by atoms with Gasteiger partial charge in [0.05, 0.1) is 0 Å². The lowest BCUT2D eigenvalue weighted by atomic mass is 10.2. The first-order valence-corrected chi connectivity index (χ1v) is 9.29. The summed E-state index contributed by atoms with van der Waals surface area (Å²) < 4.78 is 0. The van der Waals surface area contributed by atoms with Gasteiger partial charge in [-0.25, -0.2) is 0 Å². The fourth-order valence-electron chi connectivity index (χ4n) is 1.99. The van der Waals surface area contributed by atoms with E-state index in [1.807, 2.05) is 6.92 Å². The first-order chi connectivity index (χ1) is 10.4. The van der Waals surface area contributed by atoms with E-state index in [4.69, 9.17) is 11.5 Å². The molecule has 0 rings (SSSR count). The van der Waals surface area contributed by atoms with Crippen molar-refractivity contribution in [2.45, 2.75) is 86.2 Å². The van der Waals surface area contributed by atoms with Crippen LogP contribution in [0.25, 0.3) is 0 Å². The maximum absolute atomic E-state index is 5.46. The molecule has 0 saturated heterocycles. The molecule has 4 nitrogen and oxygen atoms in total. The van der Waals surface area contributed by atoms with Crippen LogP contribution < -0.4 is 16.8 Å². The Balaban J connectivity index is -0.000000279. The second-order valence-electron chi connectivity index (χ2n) is 6.08. The van der Waals surface area contributed by atoms with Crippen LogP contribution >= 0.6 is 0 Å². The molecule has 0 radical (unpaired) electrons. The smallest absolute Gasteiger partial charge is 0.0110 e. The molecule has 0 fully saturated rings. The Morgan fingerprint density at radius 1 is 0.818 bits per heavy atom. The molecule has 0 aliphatic rings. The third-order valence-electron chi connectivity index (χ3n) is 3.13. The van der Waals surface area contributed by atoms with E-state index in [1.54, 1.807) is 0 Å². The Hall–Kier alpha value is -0.160. The molecule has 4 heteroatoms. The van der Waals surface area contributed by atoms with E-state index in [1.165, 1.54) is 38.8 Å². The van der Waals surface area contributed by atoms with Crippen molar-refractivity contribution >= 4 is 0 Å². The van der Waals surface area contributed by atoms with Crippen LogP contribution in [0.15, 0.2) is 0 Å². The molecule has 0 atom stereocenters. The van der Waals surface area contributed by atoms with Gasteiger partial charge in [0.25, 0.3) is 0 Å². The zero-order valence-corrected chi connectivity index (χ0v) is 16.6. The fourth-order valence-corrected chi connectivity index (χ4v) is 1.99. The van der Waals surface area contributed by atoms with Gasteiger partial charge in [-0.15, -0.1) is 0 Å². The quantitative estimate of drug-likeness (QED) is 0.541. The van der Waals surface area contributed by atoms with Gasteiger partial charge in [0.2, 0.25) is 0 Å². The predicted octanol–water partition coefficient (Wildman–Crippen LogP) is 3.21. The summed E-state index contributed by atoms with van der Waals surface area (Å²) in [4.78, 5) is 2.39. The normalized spacial score (nSPS) is 10.4. The minimum atomic E-state index is 0.614. The SMILES string of the molecule is CC(C)N(CCN)C(C)C.CCCCNCCCC.CCN. The molecular weight excluding hydrogens is 272 g/mol. The highest BCUT2D eigenvalue weighted by atomic mass is 15.2. The summed E-state index contributed by atoms with van der Waals surface area (Å²) in [6.07, 6.45) is 5.26. The van der Waals surface area contributed by atoms with Crippen molar-refractivity contribution in [2.24, 2.45) is 11.5 Å². The topological polar surface area (TPSA) is 67.3 Å². The number of nitrogens with one attached hydrogen (secondary N) is 1. The highest BCUT2D eigenvalue weighted by Crippen LogP contribution is 2.02. The van der Waals surface area contributed by atoms with Crippen LogP contribution in [-0.4, -0.2) is 49.7 Å². The van der Waals surface area contributed by atoms with Gasteiger partial charge >= 0.3 is 0 Å². The first kappa shape index (κ1) is 26.7. The molecule has 0 spiro atoms. The summed E-state index contributed by atoms with van der Waals surface area (Å²) in [6.45, 7) is 20.1. The second kappa shape index (κ2) is 23.1. The van der Waals surface area contributed by atoms with Crippen LogP contribution in [-0.2, 0) is 0 Å². The Bertz CT molecular complexity index is 158. The lowest BCUT2D eigenvalue weighted by Gasteiger charge is -2.29. The number of unbranched alkanes of at least 4 members (excludes halogenated alkanes) is 2. The number of rotatable bonds is 10. The van der Waals surface area contributed by atoms with Gasteiger partial charge in [-0.3, -0.25) is 4.90 Å². The van der Waals surface area contributed by atoms with Crippen molar-refractivity contribution in [1.29, 1.82) is 0 Å². The zero-order valence-electron chi connectivity index (χ0n) is 16.6. The first-order valence-electron chi connectivity index (χ1n) is 9.29. The maximum atomic E-state index is 5.46. The van der Waals surface area contributed by atoms with Gasteiger partial charge in [0.15, 0.2) is 0 Å². The van der Waals surface area contributed by atoms with Crippen molar-refractivity contribution in [3.63, 3.8) is 0 Å². The molecule has 22 heavy (non-hydrogen) atoms. The molecule has 0 amide bonds. The van der Waals surface area contributed by atoms with Gasteiger partial charge in [0.1, 0.15) is 0 Å². The molecule has 0 heterocycles. The summed E-state index contributed by atoms with van der Waals surface area (Å²) >= 11 is 0. The molecule has 5 N–H and O–H groups in total. The monoisotopic (exact) mass is 318 g/mol. The van der Waals surface area contributed by atoms with E-state index in [2.05, 4.69) is 51.8 Å². The largest absolute Gasteiger partial charge is 0.331 e. The van der Waals surface area contributed by atoms with Crippen LogP contribution in [0.2, 0.25) is 0 Å². The molecule has 138 valence electrons. The van der Waals surface area contributed by atoms with Crippen LogP contribution in [0.5, 0.6) is 0 Å². The van der Waals surface area contributed by atoms with Crippen molar-refractivity contribution in [3.8, 4) is 0 Å². The van der Waals surface area contributed by atoms with Gasteiger partial charge in [0, 0.05) is 25.2 Å². The molecule has 0 unspecified atom stereocenters. The molecule has 0 aliphatic carbocycles. The molecule has 0 aliphatic heterocycles. The van der Waals surface area contributed by atoms with E-state index in [0.717, 1.165) is 19.6 Å². The predicted molar refractivity (Wildman–Crippen MR) is 103 cm³/mol. The number of hydrogen-bond acceptors (Lipinski definition) is 4. The summed E-state index contributed by atoms with van der Waals surface area (Å²) in [5, 5.41) is 3.39. The van der Waals surface area contributed by atoms with Gasteiger partial charge in [-0.1, -0.05) is 33.6 Å². The number of nitrogens with zero attached hydrogens (tertiary/aromatic N) is 1. The van der Waals surface area contributed by atoms with E-state index < -0.39 is 0 Å². The van der Waals surface area contributed by atoms with E-state index in [0.29, 0.717) is 12.1 Å². The van der Waals surface area contributed by atoms with Crippen LogP contribution in [0.4, 0.5) is 0 Å². The Morgan fingerprint density at radius 3 is 1.36 bits per heavy atom. The van der Waals surface area contributed by atoms with Crippen LogP contribution in [0, 0.1) is 0 Å². The fraction of sp³-hybridized carbons (Fsp3) is 1.00. The highest BCUT2D eigenvalue weighted by molar-refractivity contribution is 4.66. The molecule has 0 aromatic carbocycles. The average molecular weight is 319 g/mol. The summed E-state index contributed by atoms with van der Waals surface area (Å²) in [5.41, 5.74) is 10.3. The second-order valence-corrected chi connectivity index (χ2v) is 6.08. The lowest BCUT2D eigenvalue weighted by molar-refractivity contribution is 0.180. The third-order valence-corrected chi connectivity index (χ3v) is 3.13. The molecule has 0 bridgehead atoms.